The quantitative estimate of drug-likeness (QED) is 0.410. The van der Waals surface area contributed by atoms with Crippen molar-refractivity contribution >= 4 is 28.7 Å². The van der Waals surface area contributed by atoms with Gasteiger partial charge in [0.15, 0.2) is 23.2 Å². The fourth-order valence-electron chi connectivity index (χ4n) is 4.42. The lowest BCUT2D eigenvalue weighted by Gasteiger charge is -2.18. The van der Waals surface area contributed by atoms with Crippen LogP contribution in [0, 0.1) is 6.92 Å². The second kappa shape index (κ2) is 8.95. The molecular weight excluding hydrogens is 430 g/mol. The van der Waals surface area contributed by atoms with Gasteiger partial charge < -0.3 is 25.4 Å². The van der Waals surface area contributed by atoms with Crippen molar-refractivity contribution in [2.75, 3.05) is 11.1 Å². The molecule has 5 rings (SSSR count). The third kappa shape index (κ3) is 3.97. The van der Waals surface area contributed by atoms with E-state index in [1.807, 2.05) is 31.2 Å². The number of benzene rings is 1. The van der Waals surface area contributed by atoms with Crippen LogP contribution in [0.5, 0.6) is 0 Å². The number of ether oxygens (including phenoxy) is 1. The summed E-state index contributed by atoms with van der Waals surface area (Å²) in [5.41, 5.74) is 2.19. The zero-order valence-corrected chi connectivity index (χ0v) is 18.5. The van der Waals surface area contributed by atoms with E-state index in [1.165, 1.54) is 6.33 Å². The normalized spacial score (nSPS) is 30.2. The number of hydrogen-bond donors (Lipinski definition) is 4. The number of nitrogens with one attached hydrogen (secondary N) is 1. The fraction of sp³-hybridized carbons (Fsp3) is 0.500. The SMILES string of the molecule is Cc1ccccc1SCC1OC(n2cnc3c(NC4CCCC4O)ncnc32)C(O)C1O. The molecule has 2 aliphatic rings. The van der Waals surface area contributed by atoms with E-state index in [1.54, 1.807) is 22.7 Å². The Hall–Kier alpha value is -2.24. The van der Waals surface area contributed by atoms with Gasteiger partial charge in [0.1, 0.15) is 18.5 Å². The van der Waals surface area contributed by atoms with Gasteiger partial charge >= 0.3 is 0 Å². The molecule has 1 saturated carbocycles. The number of imidazole rings is 1. The molecule has 6 unspecified atom stereocenters. The lowest BCUT2D eigenvalue weighted by Crippen LogP contribution is -2.32. The number of nitrogens with zero attached hydrogens (tertiary/aromatic N) is 4. The Morgan fingerprint density at radius 1 is 1.12 bits per heavy atom. The molecule has 2 fully saturated rings. The van der Waals surface area contributed by atoms with Crippen LogP contribution in [0.25, 0.3) is 11.2 Å². The zero-order chi connectivity index (χ0) is 22.2. The van der Waals surface area contributed by atoms with Crippen molar-refractivity contribution in [1.82, 2.24) is 19.5 Å². The van der Waals surface area contributed by atoms with E-state index < -0.39 is 30.6 Å². The lowest BCUT2D eigenvalue weighted by molar-refractivity contribution is -0.0289. The summed E-state index contributed by atoms with van der Waals surface area (Å²) in [6.07, 6.45) is 1.67. The summed E-state index contributed by atoms with van der Waals surface area (Å²) >= 11 is 1.59. The average Bonchev–Trinajstić information content (AvgIpc) is 3.47. The van der Waals surface area contributed by atoms with Crippen LogP contribution in [0.3, 0.4) is 0 Å². The van der Waals surface area contributed by atoms with Crippen molar-refractivity contribution < 1.29 is 20.1 Å². The summed E-state index contributed by atoms with van der Waals surface area (Å²) in [4.78, 5) is 14.2. The van der Waals surface area contributed by atoms with Crippen molar-refractivity contribution in [3.8, 4) is 0 Å². The molecule has 32 heavy (non-hydrogen) atoms. The molecule has 10 heteroatoms. The average molecular weight is 458 g/mol. The molecule has 3 aromatic rings. The number of hydrogen-bond acceptors (Lipinski definition) is 9. The summed E-state index contributed by atoms with van der Waals surface area (Å²) in [5.74, 6) is 1.05. The van der Waals surface area contributed by atoms with Crippen LogP contribution in [-0.2, 0) is 4.74 Å². The third-order valence-corrected chi connectivity index (χ3v) is 7.53. The van der Waals surface area contributed by atoms with E-state index in [2.05, 4.69) is 20.3 Å². The largest absolute Gasteiger partial charge is 0.391 e. The van der Waals surface area contributed by atoms with Crippen LogP contribution in [0.2, 0.25) is 0 Å². The number of anilines is 1. The van der Waals surface area contributed by atoms with E-state index >= 15 is 0 Å². The Labute approximate surface area is 189 Å². The van der Waals surface area contributed by atoms with E-state index in [0.717, 1.165) is 29.7 Å². The highest BCUT2D eigenvalue weighted by Gasteiger charge is 2.44. The number of rotatable bonds is 6. The van der Waals surface area contributed by atoms with Crippen molar-refractivity contribution in [2.45, 2.75) is 67.8 Å². The third-order valence-electron chi connectivity index (χ3n) is 6.27. The summed E-state index contributed by atoms with van der Waals surface area (Å²) in [6, 6.07) is 7.97. The summed E-state index contributed by atoms with van der Waals surface area (Å²) in [5, 5.41) is 34.8. The monoisotopic (exact) mass is 457 g/mol. The fourth-order valence-corrected chi connectivity index (χ4v) is 5.51. The smallest absolute Gasteiger partial charge is 0.167 e. The standard InChI is InChI=1S/C22H27N5O4S/c1-12-5-2-3-8-16(12)32-9-15-18(29)19(30)22(31-15)27-11-25-17-20(23-10-24-21(17)27)26-13-6-4-7-14(13)28/h2-3,5,8,10-11,13-15,18-19,22,28-30H,4,6-7,9H2,1H3,(H,23,24,26). The predicted octanol–water partition coefficient (Wildman–Crippen LogP) is 1.87. The van der Waals surface area contributed by atoms with Gasteiger partial charge in [0, 0.05) is 10.6 Å². The first kappa shape index (κ1) is 21.6. The van der Waals surface area contributed by atoms with Gasteiger partial charge in [-0.2, -0.15) is 0 Å². The molecule has 6 atom stereocenters. The Bertz CT molecular complexity index is 1100. The van der Waals surface area contributed by atoms with Gasteiger partial charge in [0.05, 0.1) is 24.6 Å². The minimum absolute atomic E-state index is 0.0729. The molecule has 170 valence electrons. The second-order valence-corrected chi connectivity index (χ2v) is 9.48. The van der Waals surface area contributed by atoms with Crippen LogP contribution in [0.1, 0.15) is 31.1 Å². The van der Waals surface area contributed by atoms with Gasteiger partial charge in [-0.1, -0.05) is 18.2 Å². The van der Waals surface area contributed by atoms with E-state index in [0.29, 0.717) is 22.7 Å². The summed E-state index contributed by atoms with van der Waals surface area (Å²) in [6.45, 7) is 2.04. The number of fused-ring (bicyclic) bond motifs is 1. The van der Waals surface area contributed by atoms with Crippen molar-refractivity contribution in [1.29, 1.82) is 0 Å². The van der Waals surface area contributed by atoms with Crippen LogP contribution >= 0.6 is 11.8 Å². The van der Waals surface area contributed by atoms with E-state index in [9.17, 15) is 15.3 Å². The van der Waals surface area contributed by atoms with Crippen molar-refractivity contribution in [3.63, 3.8) is 0 Å². The van der Waals surface area contributed by atoms with Crippen molar-refractivity contribution in [2.24, 2.45) is 0 Å². The van der Waals surface area contributed by atoms with Crippen LogP contribution < -0.4 is 5.32 Å². The molecule has 0 amide bonds. The van der Waals surface area contributed by atoms with Crippen molar-refractivity contribution in [3.05, 3.63) is 42.5 Å². The lowest BCUT2D eigenvalue weighted by atomic mass is 10.1. The Balaban J connectivity index is 1.34. The minimum Gasteiger partial charge on any atom is -0.391 e. The number of aliphatic hydroxyl groups excluding tert-OH is 3. The molecule has 0 bridgehead atoms. The summed E-state index contributed by atoms with van der Waals surface area (Å²) in [7, 11) is 0. The van der Waals surface area contributed by atoms with Gasteiger partial charge in [-0.15, -0.1) is 11.8 Å². The second-order valence-electron chi connectivity index (χ2n) is 8.42. The van der Waals surface area contributed by atoms with Crippen LogP contribution in [-0.4, -0.2) is 71.0 Å². The maximum absolute atomic E-state index is 10.7. The molecule has 1 saturated heterocycles. The molecule has 1 aliphatic heterocycles. The highest BCUT2D eigenvalue weighted by atomic mass is 32.2. The number of aryl methyl sites for hydroxylation is 1. The van der Waals surface area contributed by atoms with Gasteiger partial charge in [0.25, 0.3) is 0 Å². The first-order chi connectivity index (χ1) is 15.5. The highest BCUT2D eigenvalue weighted by Crippen LogP contribution is 2.35. The molecule has 1 aliphatic carbocycles. The number of aromatic nitrogens is 4. The Kier molecular flexibility index (Phi) is 6.04. The molecule has 9 nitrogen and oxygen atoms in total. The maximum atomic E-state index is 10.7. The maximum Gasteiger partial charge on any atom is 0.167 e. The molecular formula is C22H27N5O4S. The van der Waals surface area contributed by atoms with Crippen LogP contribution in [0.4, 0.5) is 5.82 Å². The molecule has 0 radical (unpaired) electrons. The zero-order valence-electron chi connectivity index (χ0n) is 17.7. The first-order valence-electron chi connectivity index (χ1n) is 10.8. The Morgan fingerprint density at radius 2 is 1.97 bits per heavy atom. The predicted molar refractivity (Wildman–Crippen MR) is 120 cm³/mol. The molecule has 4 N–H and O–H groups in total. The van der Waals surface area contributed by atoms with Gasteiger partial charge in [-0.05, 0) is 37.8 Å². The molecule has 0 spiro atoms. The number of thioether (sulfide) groups is 1. The Morgan fingerprint density at radius 3 is 2.75 bits per heavy atom. The minimum atomic E-state index is -1.11. The highest BCUT2D eigenvalue weighted by molar-refractivity contribution is 7.99. The first-order valence-corrected chi connectivity index (χ1v) is 11.8. The van der Waals surface area contributed by atoms with Crippen LogP contribution in [0.15, 0.2) is 41.8 Å². The topological polar surface area (TPSA) is 126 Å². The molecule has 2 aromatic heterocycles. The van der Waals surface area contributed by atoms with Gasteiger partial charge in [-0.3, -0.25) is 4.57 Å². The van der Waals surface area contributed by atoms with E-state index in [-0.39, 0.29) is 6.04 Å². The molecule has 3 heterocycles. The molecule has 1 aromatic carbocycles. The van der Waals surface area contributed by atoms with Gasteiger partial charge in [-0.25, -0.2) is 15.0 Å². The summed E-state index contributed by atoms with van der Waals surface area (Å²) < 4.78 is 7.71. The van der Waals surface area contributed by atoms with E-state index in [4.69, 9.17) is 4.74 Å². The number of aliphatic hydroxyl groups is 3. The van der Waals surface area contributed by atoms with Gasteiger partial charge in [0.2, 0.25) is 0 Å².